The van der Waals surface area contributed by atoms with Gasteiger partial charge in [-0.05, 0) is 60.8 Å². The lowest BCUT2D eigenvalue weighted by Gasteiger charge is -2.29. The molecule has 0 aromatic heterocycles. The fourth-order valence-corrected chi connectivity index (χ4v) is 4.13. The van der Waals surface area contributed by atoms with Crippen LogP contribution in [-0.2, 0) is 6.61 Å². The molecule has 0 amide bonds. The predicted octanol–water partition coefficient (Wildman–Crippen LogP) is 7.40. The van der Waals surface area contributed by atoms with Crippen LogP contribution in [-0.4, -0.2) is 0 Å². The third-order valence-electron chi connectivity index (χ3n) is 5.82. The third kappa shape index (κ3) is 5.54. The molecule has 1 aliphatic carbocycles. The zero-order valence-corrected chi connectivity index (χ0v) is 16.2. The lowest BCUT2D eigenvalue weighted by atomic mass is 9.77. The molecule has 1 nitrogen and oxygen atoms in total. The Labute approximate surface area is 161 Å². The largest absolute Gasteiger partial charge is 0.483 e. The SMILES string of the molecule is CCCCCC1CCC(c2ccc(COc3c(F)cccc3F)cc2)CC1. The topological polar surface area (TPSA) is 9.23 Å². The van der Waals surface area contributed by atoms with Crippen LogP contribution in [0, 0.1) is 17.6 Å². The molecule has 1 saturated carbocycles. The molecule has 0 heterocycles. The van der Waals surface area contributed by atoms with E-state index >= 15 is 0 Å². The quantitative estimate of drug-likeness (QED) is 0.439. The molecule has 3 heteroatoms. The molecular weight excluding hydrogens is 342 g/mol. The van der Waals surface area contributed by atoms with E-state index in [9.17, 15) is 8.78 Å². The molecule has 1 fully saturated rings. The number of halogens is 2. The molecule has 1 aliphatic rings. The molecule has 2 aromatic carbocycles. The monoisotopic (exact) mass is 372 g/mol. The molecule has 27 heavy (non-hydrogen) atoms. The second-order valence-electron chi connectivity index (χ2n) is 7.79. The van der Waals surface area contributed by atoms with Gasteiger partial charge in [0.1, 0.15) is 6.61 Å². The van der Waals surface area contributed by atoms with Crippen LogP contribution in [0.4, 0.5) is 8.78 Å². The molecule has 0 aliphatic heterocycles. The minimum Gasteiger partial charge on any atom is -0.483 e. The first kappa shape index (κ1) is 19.9. The summed E-state index contributed by atoms with van der Waals surface area (Å²) in [5, 5.41) is 0. The van der Waals surface area contributed by atoms with Gasteiger partial charge in [-0.1, -0.05) is 62.9 Å². The van der Waals surface area contributed by atoms with Gasteiger partial charge in [0, 0.05) is 0 Å². The van der Waals surface area contributed by atoms with Crippen LogP contribution in [0.25, 0.3) is 0 Å². The van der Waals surface area contributed by atoms with Crippen molar-refractivity contribution >= 4 is 0 Å². The first-order valence-corrected chi connectivity index (χ1v) is 10.3. The van der Waals surface area contributed by atoms with Crippen LogP contribution < -0.4 is 4.74 Å². The Kier molecular flexibility index (Phi) is 7.25. The van der Waals surface area contributed by atoms with Crippen LogP contribution >= 0.6 is 0 Å². The van der Waals surface area contributed by atoms with Gasteiger partial charge in [-0.2, -0.15) is 0 Å². The van der Waals surface area contributed by atoms with Crippen molar-refractivity contribution < 1.29 is 13.5 Å². The summed E-state index contributed by atoms with van der Waals surface area (Å²) in [6.07, 6.45) is 10.7. The molecule has 2 aromatic rings. The fourth-order valence-electron chi connectivity index (χ4n) is 4.13. The van der Waals surface area contributed by atoms with Crippen molar-refractivity contribution in [2.24, 2.45) is 5.92 Å². The van der Waals surface area contributed by atoms with Gasteiger partial charge < -0.3 is 4.74 Å². The maximum absolute atomic E-state index is 13.6. The van der Waals surface area contributed by atoms with E-state index in [4.69, 9.17) is 4.74 Å². The predicted molar refractivity (Wildman–Crippen MR) is 106 cm³/mol. The summed E-state index contributed by atoms with van der Waals surface area (Å²) in [7, 11) is 0. The van der Waals surface area contributed by atoms with Gasteiger partial charge in [-0.3, -0.25) is 0 Å². The van der Waals surface area contributed by atoms with Gasteiger partial charge in [-0.15, -0.1) is 0 Å². The lowest BCUT2D eigenvalue weighted by molar-refractivity contribution is 0.274. The molecule has 0 bridgehead atoms. The highest BCUT2D eigenvalue weighted by atomic mass is 19.1. The summed E-state index contributed by atoms with van der Waals surface area (Å²) in [4.78, 5) is 0. The molecule has 0 spiro atoms. The highest BCUT2D eigenvalue weighted by Crippen LogP contribution is 2.37. The highest BCUT2D eigenvalue weighted by molar-refractivity contribution is 5.28. The fraction of sp³-hybridized carbons (Fsp3) is 0.500. The minimum atomic E-state index is -0.665. The van der Waals surface area contributed by atoms with E-state index in [1.807, 2.05) is 12.1 Å². The van der Waals surface area contributed by atoms with E-state index in [0.717, 1.165) is 11.5 Å². The number of ether oxygens (including phenoxy) is 1. The summed E-state index contributed by atoms with van der Waals surface area (Å²) < 4.78 is 32.6. The zero-order chi connectivity index (χ0) is 19.1. The van der Waals surface area contributed by atoms with Crippen molar-refractivity contribution in [3.05, 3.63) is 65.2 Å². The van der Waals surface area contributed by atoms with Crippen molar-refractivity contribution in [2.75, 3.05) is 0 Å². The van der Waals surface area contributed by atoms with Crippen LogP contribution in [0.3, 0.4) is 0 Å². The molecule has 3 rings (SSSR count). The average molecular weight is 372 g/mol. The van der Waals surface area contributed by atoms with Crippen LogP contribution in [0.5, 0.6) is 5.75 Å². The van der Waals surface area contributed by atoms with E-state index < -0.39 is 11.6 Å². The number of benzene rings is 2. The van der Waals surface area contributed by atoms with Crippen molar-refractivity contribution in [2.45, 2.75) is 70.8 Å². The average Bonchev–Trinajstić information content (AvgIpc) is 2.69. The molecule has 0 radical (unpaired) electrons. The van der Waals surface area contributed by atoms with Gasteiger partial charge in [0.2, 0.25) is 0 Å². The first-order valence-electron chi connectivity index (χ1n) is 10.3. The minimum absolute atomic E-state index is 0.169. The number of para-hydroxylation sites is 1. The highest BCUT2D eigenvalue weighted by Gasteiger charge is 2.22. The van der Waals surface area contributed by atoms with Crippen molar-refractivity contribution in [1.82, 2.24) is 0 Å². The van der Waals surface area contributed by atoms with Gasteiger partial charge in [0.15, 0.2) is 17.4 Å². The molecule has 0 atom stereocenters. The van der Waals surface area contributed by atoms with E-state index in [0.29, 0.717) is 5.92 Å². The Morgan fingerprint density at radius 2 is 1.56 bits per heavy atom. The Morgan fingerprint density at radius 3 is 2.19 bits per heavy atom. The summed E-state index contributed by atoms with van der Waals surface area (Å²) in [6.45, 7) is 2.43. The second kappa shape index (κ2) is 9.87. The van der Waals surface area contributed by atoms with E-state index in [-0.39, 0.29) is 12.4 Å². The van der Waals surface area contributed by atoms with E-state index in [1.165, 1.54) is 75.1 Å². The molecule has 146 valence electrons. The normalized spacial score (nSPS) is 19.8. The van der Waals surface area contributed by atoms with Gasteiger partial charge in [0.25, 0.3) is 0 Å². The summed E-state index contributed by atoms with van der Waals surface area (Å²) in [6, 6.07) is 12.1. The number of unbranched alkanes of at least 4 members (excludes halogenated alkanes) is 2. The molecule has 0 unspecified atom stereocenters. The molecule has 0 saturated heterocycles. The Balaban J connectivity index is 1.49. The maximum atomic E-state index is 13.6. The Morgan fingerprint density at radius 1 is 0.889 bits per heavy atom. The number of hydrogen-bond donors (Lipinski definition) is 0. The lowest BCUT2D eigenvalue weighted by Crippen LogP contribution is -2.13. The van der Waals surface area contributed by atoms with Gasteiger partial charge in [0.05, 0.1) is 0 Å². The second-order valence-corrected chi connectivity index (χ2v) is 7.79. The third-order valence-corrected chi connectivity index (χ3v) is 5.82. The molecule has 0 N–H and O–H groups in total. The van der Waals surface area contributed by atoms with E-state index in [2.05, 4.69) is 19.1 Å². The van der Waals surface area contributed by atoms with Crippen molar-refractivity contribution in [3.63, 3.8) is 0 Å². The number of rotatable bonds is 8. The number of hydrogen-bond acceptors (Lipinski definition) is 1. The van der Waals surface area contributed by atoms with Gasteiger partial charge >= 0.3 is 0 Å². The standard InChI is InChI=1S/C24H30F2O/c1-2-3-4-6-18-9-13-20(14-10-18)21-15-11-19(12-16-21)17-27-24-22(25)7-5-8-23(24)26/h5,7-8,11-12,15-16,18,20H,2-4,6,9-10,13-14,17H2,1H3. The maximum Gasteiger partial charge on any atom is 0.191 e. The summed E-state index contributed by atoms with van der Waals surface area (Å²) >= 11 is 0. The summed E-state index contributed by atoms with van der Waals surface area (Å²) in [5.41, 5.74) is 2.30. The smallest absolute Gasteiger partial charge is 0.191 e. The molecular formula is C24H30F2O. The van der Waals surface area contributed by atoms with Crippen LogP contribution in [0.2, 0.25) is 0 Å². The summed E-state index contributed by atoms with van der Waals surface area (Å²) in [5.74, 6) is -0.0739. The van der Waals surface area contributed by atoms with Gasteiger partial charge in [-0.25, -0.2) is 8.78 Å². The first-order chi connectivity index (χ1) is 13.2. The zero-order valence-electron chi connectivity index (χ0n) is 16.2. The Hall–Kier alpha value is -1.90. The Bertz CT molecular complexity index is 683. The van der Waals surface area contributed by atoms with Crippen molar-refractivity contribution in [3.8, 4) is 5.75 Å². The van der Waals surface area contributed by atoms with E-state index in [1.54, 1.807) is 0 Å². The van der Waals surface area contributed by atoms with Crippen LogP contribution in [0.15, 0.2) is 42.5 Å². The van der Waals surface area contributed by atoms with Crippen LogP contribution in [0.1, 0.15) is 75.3 Å². The van der Waals surface area contributed by atoms with Crippen molar-refractivity contribution in [1.29, 1.82) is 0 Å².